The van der Waals surface area contributed by atoms with Crippen LogP contribution in [0.2, 0.25) is 0 Å². The van der Waals surface area contributed by atoms with E-state index in [1.807, 2.05) is 6.92 Å². The summed E-state index contributed by atoms with van der Waals surface area (Å²) in [5.74, 6) is -0.608. The molecular weight excluding hydrogens is 248 g/mol. The van der Waals surface area contributed by atoms with Crippen LogP contribution < -0.4 is 5.32 Å². The number of benzene rings is 2. The predicted molar refractivity (Wildman–Crippen MR) is 69.7 cm³/mol. The van der Waals surface area contributed by atoms with E-state index in [0.717, 1.165) is 5.56 Å². The molecule has 1 atom stereocenters. The summed E-state index contributed by atoms with van der Waals surface area (Å²) < 4.78 is 25.9. The summed E-state index contributed by atoms with van der Waals surface area (Å²) in [6.07, 6.45) is 0. The van der Waals surface area contributed by atoms with Crippen molar-refractivity contribution in [1.29, 1.82) is 0 Å². The van der Waals surface area contributed by atoms with Crippen molar-refractivity contribution in [2.75, 3.05) is 0 Å². The average molecular weight is 263 g/mol. The maximum Gasteiger partial charge on any atom is 0.123 e. The standard InChI is InChI=1S/C15H15F2NO/c1-10(14-8-13(17)6-7-15(14)19)18-9-11-2-4-12(16)5-3-11/h2-8,10,18-19H,9H2,1H3. The SMILES string of the molecule is CC(NCc1ccc(F)cc1)c1cc(F)ccc1O. The molecular formula is C15H15F2NO. The molecule has 0 aliphatic heterocycles. The summed E-state index contributed by atoms with van der Waals surface area (Å²) in [6, 6.07) is 9.79. The normalized spacial score (nSPS) is 12.4. The van der Waals surface area contributed by atoms with Gasteiger partial charge in [0.05, 0.1) is 0 Å². The summed E-state index contributed by atoms with van der Waals surface area (Å²) >= 11 is 0. The molecule has 0 heterocycles. The van der Waals surface area contributed by atoms with Crippen molar-refractivity contribution >= 4 is 0 Å². The van der Waals surface area contributed by atoms with E-state index in [2.05, 4.69) is 5.32 Å². The number of phenolic OH excluding ortho intramolecular Hbond substituents is 1. The zero-order valence-corrected chi connectivity index (χ0v) is 10.5. The van der Waals surface area contributed by atoms with Crippen molar-refractivity contribution in [2.24, 2.45) is 0 Å². The van der Waals surface area contributed by atoms with Gasteiger partial charge in [-0.05, 0) is 42.8 Å². The number of aromatic hydroxyl groups is 1. The van der Waals surface area contributed by atoms with Crippen molar-refractivity contribution in [3.63, 3.8) is 0 Å². The Kier molecular flexibility index (Phi) is 4.12. The molecule has 0 saturated heterocycles. The molecule has 2 nitrogen and oxygen atoms in total. The Morgan fingerprint density at radius 1 is 1.05 bits per heavy atom. The summed E-state index contributed by atoms with van der Waals surface area (Å²) in [5.41, 5.74) is 1.42. The zero-order valence-electron chi connectivity index (χ0n) is 10.5. The lowest BCUT2D eigenvalue weighted by Gasteiger charge is -2.15. The van der Waals surface area contributed by atoms with Crippen LogP contribution in [0.3, 0.4) is 0 Å². The van der Waals surface area contributed by atoms with Crippen molar-refractivity contribution in [3.05, 3.63) is 65.2 Å². The first-order valence-corrected chi connectivity index (χ1v) is 6.02. The fourth-order valence-corrected chi connectivity index (χ4v) is 1.86. The maximum absolute atomic E-state index is 13.1. The third-order valence-corrected chi connectivity index (χ3v) is 2.98. The Hall–Kier alpha value is -1.94. The second kappa shape index (κ2) is 5.80. The highest BCUT2D eigenvalue weighted by atomic mass is 19.1. The topological polar surface area (TPSA) is 32.3 Å². The molecule has 2 N–H and O–H groups in total. The molecule has 2 aromatic carbocycles. The summed E-state index contributed by atoms with van der Waals surface area (Å²) in [4.78, 5) is 0. The second-order valence-corrected chi connectivity index (χ2v) is 4.43. The van der Waals surface area contributed by atoms with Gasteiger partial charge in [-0.25, -0.2) is 8.78 Å². The third-order valence-electron chi connectivity index (χ3n) is 2.98. The first-order valence-electron chi connectivity index (χ1n) is 6.02. The van der Waals surface area contributed by atoms with Gasteiger partial charge in [0.1, 0.15) is 17.4 Å². The van der Waals surface area contributed by atoms with Crippen molar-refractivity contribution in [1.82, 2.24) is 5.32 Å². The van der Waals surface area contributed by atoms with E-state index < -0.39 is 0 Å². The molecule has 0 spiro atoms. The van der Waals surface area contributed by atoms with E-state index in [0.29, 0.717) is 12.1 Å². The predicted octanol–water partition coefficient (Wildman–Crippen LogP) is 3.52. The third kappa shape index (κ3) is 3.51. The Morgan fingerprint density at radius 2 is 1.68 bits per heavy atom. The van der Waals surface area contributed by atoms with Crippen molar-refractivity contribution < 1.29 is 13.9 Å². The van der Waals surface area contributed by atoms with Gasteiger partial charge >= 0.3 is 0 Å². The number of nitrogens with one attached hydrogen (secondary N) is 1. The van der Waals surface area contributed by atoms with Crippen molar-refractivity contribution in [3.8, 4) is 5.75 Å². The highest BCUT2D eigenvalue weighted by molar-refractivity contribution is 5.35. The minimum atomic E-state index is -0.386. The molecule has 0 fully saturated rings. The van der Waals surface area contributed by atoms with E-state index in [9.17, 15) is 13.9 Å². The fraction of sp³-hybridized carbons (Fsp3) is 0.200. The Balaban J connectivity index is 2.03. The van der Waals surface area contributed by atoms with Crippen molar-refractivity contribution in [2.45, 2.75) is 19.5 Å². The minimum absolute atomic E-state index is 0.0560. The maximum atomic E-state index is 13.1. The van der Waals surface area contributed by atoms with Crippen LogP contribution in [0.5, 0.6) is 5.75 Å². The van der Waals surface area contributed by atoms with E-state index in [-0.39, 0.29) is 23.4 Å². The Bertz CT molecular complexity index is 555. The highest BCUT2D eigenvalue weighted by Gasteiger charge is 2.10. The average Bonchev–Trinajstić information content (AvgIpc) is 2.40. The van der Waals surface area contributed by atoms with Gasteiger partial charge in [-0.1, -0.05) is 12.1 Å². The van der Waals surface area contributed by atoms with Crippen LogP contribution in [0.1, 0.15) is 24.1 Å². The number of hydrogen-bond acceptors (Lipinski definition) is 2. The Labute approximate surface area is 110 Å². The number of hydrogen-bond donors (Lipinski definition) is 2. The molecule has 0 aliphatic rings. The molecule has 2 aromatic rings. The molecule has 0 amide bonds. The van der Waals surface area contributed by atoms with Crippen LogP contribution in [0.25, 0.3) is 0 Å². The molecule has 100 valence electrons. The molecule has 2 rings (SSSR count). The van der Waals surface area contributed by atoms with E-state index in [1.54, 1.807) is 12.1 Å². The smallest absolute Gasteiger partial charge is 0.123 e. The lowest BCUT2D eigenvalue weighted by molar-refractivity contribution is 0.449. The zero-order chi connectivity index (χ0) is 13.8. The van der Waals surface area contributed by atoms with Gasteiger partial charge in [0, 0.05) is 18.2 Å². The molecule has 0 bridgehead atoms. The number of rotatable bonds is 4. The monoisotopic (exact) mass is 263 g/mol. The molecule has 0 radical (unpaired) electrons. The highest BCUT2D eigenvalue weighted by Crippen LogP contribution is 2.24. The summed E-state index contributed by atoms with van der Waals surface area (Å²) in [5, 5.41) is 12.8. The minimum Gasteiger partial charge on any atom is -0.508 e. The van der Waals surface area contributed by atoms with Gasteiger partial charge in [0.2, 0.25) is 0 Å². The van der Waals surface area contributed by atoms with E-state index in [1.165, 1.54) is 30.3 Å². The van der Waals surface area contributed by atoms with Crippen LogP contribution >= 0.6 is 0 Å². The fourth-order valence-electron chi connectivity index (χ4n) is 1.86. The largest absolute Gasteiger partial charge is 0.508 e. The number of halogens is 2. The van der Waals surface area contributed by atoms with Crippen LogP contribution in [0.4, 0.5) is 8.78 Å². The molecule has 4 heteroatoms. The lowest BCUT2D eigenvalue weighted by Crippen LogP contribution is -2.18. The van der Waals surface area contributed by atoms with Crippen LogP contribution in [0.15, 0.2) is 42.5 Å². The molecule has 0 aliphatic carbocycles. The van der Waals surface area contributed by atoms with Crippen LogP contribution in [0, 0.1) is 11.6 Å². The van der Waals surface area contributed by atoms with Gasteiger partial charge in [-0.3, -0.25) is 0 Å². The quantitative estimate of drug-likeness (QED) is 0.884. The lowest BCUT2D eigenvalue weighted by atomic mass is 10.1. The van der Waals surface area contributed by atoms with Crippen LogP contribution in [-0.4, -0.2) is 5.11 Å². The Morgan fingerprint density at radius 3 is 2.37 bits per heavy atom. The van der Waals surface area contributed by atoms with Gasteiger partial charge in [-0.15, -0.1) is 0 Å². The number of phenols is 1. The molecule has 0 saturated carbocycles. The van der Waals surface area contributed by atoms with Gasteiger partial charge in [-0.2, -0.15) is 0 Å². The van der Waals surface area contributed by atoms with Gasteiger partial charge in [0.25, 0.3) is 0 Å². The van der Waals surface area contributed by atoms with E-state index in [4.69, 9.17) is 0 Å². The van der Waals surface area contributed by atoms with Gasteiger partial charge < -0.3 is 10.4 Å². The van der Waals surface area contributed by atoms with Gasteiger partial charge in [0.15, 0.2) is 0 Å². The summed E-state index contributed by atoms with van der Waals surface area (Å²) in [7, 11) is 0. The van der Waals surface area contributed by atoms with E-state index >= 15 is 0 Å². The second-order valence-electron chi connectivity index (χ2n) is 4.43. The molecule has 0 aromatic heterocycles. The van der Waals surface area contributed by atoms with Crippen LogP contribution in [-0.2, 0) is 6.54 Å². The summed E-state index contributed by atoms with van der Waals surface area (Å²) in [6.45, 7) is 2.34. The first kappa shape index (κ1) is 13.5. The molecule has 19 heavy (non-hydrogen) atoms. The first-order chi connectivity index (χ1) is 9.06. The molecule has 1 unspecified atom stereocenters.